The average molecular weight is 652 g/mol. The molecule has 1 aromatic carbocycles. The second kappa shape index (κ2) is 14.4. The minimum Gasteiger partial charge on any atom is -0.508 e. The van der Waals surface area contributed by atoms with Gasteiger partial charge in [0, 0.05) is 23.9 Å². The van der Waals surface area contributed by atoms with Gasteiger partial charge in [0.15, 0.2) is 0 Å². The Labute approximate surface area is 251 Å². The quantitative estimate of drug-likeness (QED) is 0.121. The monoisotopic (exact) mass is 651 g/mol. The number of phenols is 1. The molecule has 0 aromatic heterocycles. The van der Waals surface area contributed by atoms with Gasteiger partial charge in [-0.05, 0) is 97.3 Å². The third-order valence-corrected chi connectivity index (χ3v) is 12.0. The van der Waals surface area contributed by atoms with Crippen molar-refractivity contribution in [2.24, 2.45) is 23.2 Å². The van der Waals surface area contributed by atoms with E-state index < -0.39 is 0 Å². The molecule has 1 aromatic rings. The number of aliphatic hydroxyl groups excluding tert-OH is 1. The van der Waals surface area contributed by atoms with Crippen LogP contribution < -0.4 is 0 Å². The molecule has 1 amide bonds. The van der Waals surface area contributed by atoms with E-state index in [0.29, 0.717) is 45.7 Å². The van der Waals surface area contributed by atoms with Crippen LogP contribution in [-0.4, -0.2) is 44.6 Å². The van der Waals surface area contributed by atoms with E-state index in [1.54, 1.807) is 0 Å². The number of fused-ring (bicyclic) bond motifs is 5. The second-order valence-electron chi connectivity index (χ2n) is 13.4. The maximum absolute atomic E-state index is 12.2. The molecule has 2 fully saturated rings. The van der Waals surface area contributed by atoms with Crippen molar-refractivity contribution in [2.45, 2.75) is 133 Å². The lowest BCUT2D eigenvalue weighted by Crippen LogP contribution is -2.47. The van der Waals surface area contributed by atoms with Crippen LogP contribution in [0.25, 0.3) is 0 Å². The van der Waals surface area contributed by atoms with Crippen LogP contribution >= 0.6 is 22.6 Å². The average Bonchev–Trinajstić information content (AvgIpc) is 3.15. The number of aromatic hydroxyl groups is 1. The number of phenolic OH excluding ortho intramolecular Hbond substituents is 1. The molecule has 39 heavy (non-hydrogen) atoms. The molecule has 220 valence electrons. The minimum atomic E-state index is -0.175. The van der Waals surface area contributed by atoms with Crippen molar-refractivity contribution < 1.29 is 15.0 Å². The Morgan fingerprint density at radius 1 is 1.08 bits per heavy atom. The van der Waals surface area contributed by atoms with Crippen molar-refractivity contribution in [1.29, 1.82) is 0 Å². The smallest absolute Gasteiger partial charge is 0.222 e. The van der Waals surface area contributed by atoms with E-state index >= 15 is 0 Å². The molecule has 3 aliphatic carbocycles. The number of hydrogen-bond acceptors (Lipinski definition) is 3. The van der Waals surface area contributed by atoms with Gasteiger partial charge in [0.1, 0.15) is 5.75 Å². The Kier molecular flexibility index (Phi) is 11.5. The van der Waals surface area contributed by atoms with Crippen LogP contribution in [0.5, 0.6) is 5.75 Å². The number of alkyl halides is 1. The van der Waals surface area contributed by atoms with E-state index in [1.165, 1.54) is 68.9 Å². The topological polar surface area (TPSA) is 60.8 Å². The van der Waals surface area contributed by atoms with E-state index in [0.717, 1.165) is 45.1 Å². The summed E-state index contributed by atoms with van der Waals surface area (Å²) in [6.07, 6.45) is 18.6. The summed E-state index contributed by atoms with van der Waals surface area (Å²) < 4.78 is 0.373. The number of amides is 1. The molecular weight excluding hydrogens is 597 g/mol. The highest BCUT2D eigenvalue weighted by Crippen LogP contribution is 2.63. The number of carbonyl (C=O) groups excluding carboxylic acids is 1. The molecule has 2 N–H and O–H groups in total. The number of halogens is 1. The lowest BCUT2D eigenvalue weighted by Gasteiger charge is -2.53. The molecule has 7 atom stereocenters. The Hall–Kier alpha value is -0.820. The maximum atomic E-state index is 12.2. The van der Waals surface area contributed by atoms with Gasteiger partial charge in [-0.3, -0.25) is 4.79 Å². The summed E-state index contributed by atoms with van der Waals surface area (Å²) in [5.74, 6) is 3.24. The van der Waals surface area contributed by atoms with Crippen molar-refractivity contribution >= 4 is 28.5 Å². The number of benzene rings is 1. The van der Waals surface area contributed by atoms with Crippen molar-refractivity contribution in [3.63, 3.8) is 0 Å². The van der Waals surface area contributed by atoms with Crippen LogP contribution in [0.15, 0.2) is 18.2 Å². The van der Waals surface area contributed by atoms with E-state index in [9.17, 15) is 15.0 Å². The Bertz CT molecular complexity index is 937. The first-order valence-corrected chi connectivity index (χ1v) is 17.4. The third kappa shape index (κ3) is 7.34. The van der Waals surface area contributed by atoms with E-state index in [-0.39, 0.29) is 11.5 Å². The summed E-state index contributed by atoms with van der Waals surface area (Å²) in [5, 5.41) is 21.3. The molecule has 4 nitrogen and oxygen atoms in total. The Morgan fingerprint density at radius 3 is 2.49 bits per heavy atom. The van der Waals surface area contributed by atoms with E-state index in [1.807, 2.05) is 24.1 Å². The van der Waals surface area contributed by atoms with Crippen LogP contribution in [0, 0.1) is 23.2 Å². The fourth-order valence-electron chi connectivity index (χ4n) is 8.46. The van der Waals surface area contributed by atoms with Crippen molar-refractivity contribution in [3.05, 3.63) is 29.3 Å². The summed E-state index contributed by atoms with van der Waals surface area (Å²) in [4.78, 5) is 14.1. The molecule has 2 saturated carbocycles. The molecule has 0 heterocycles. The SMILES string of the molecule is CCCCN(C)C(=O)CCCCCCCCCC[C@@H]1Cc2cc(O)ccc2[C@H]2CC[C@]3(C)[C@@H](O)[C@H](I)C[C@H]3[C@H]12. The molecule has 4 rings (SSSR count). The third-order valence-electron chi connectivity index (χ3n) is 10.8. The lowest BCUT2D eigenvalue weighted by molar-refractivity contribution is -0.130. The molecule has 0 unspecified atom stereocenters. The predicted octanol–water partition coefficient (Wildman–Crippen LogP) is 8.41. The molecule has 0 saturated heterocycles. The largest absolute Gasteiger partial charge is 0.508 e. The number of carbonyl (C=O) groups is 1. The highest BCUT2D eigenvalue weighted by atomic mass is 127. The van der Waals surface area contributed by atoms with Gasteiger partial charge in [0.05, 0.1) is 6.10 Å². The first-order chi connectivity index (χ1) is 18.8. The number of aliphatic hydroxyl groups is 1. The van der Waals surface area contributed by atoms with Gasteiger partial charge in [0.25, 0.3) is 0 Å². The fourth-order valence-corrected chi connectivity index (χ4v) is 9.83. The number of hydrogen-bond donors (Lipinski definition) is 2. The lowest BCUT2D eigenvalue weighted by atomic mass is 9.52. The number of unbranched alkanes of at least 4 members (excludes halogenated alkanes) is 8. The fraction of sp³-hybridized carbons (Fsp3) is 0.794. The summed E-state index contributed by atoms with van der Waals surface area (Å²) in [6.45, 7) is 5.44. The predicted molar refractivity (Wildman–Crippen MR) is 170 cm³/mol. The second-order valence-corrected chi connectivity index (χ2v) is 15.0. The number of rotatable bonds is 14. The van der Waals surface area contributed by atoms with Crippen LogP contribution in [0.4, 0.5) is 0 Å². The van der Waals surface area contributed by atoms with Gasteiger partial charge in [-0.1, -0.05) is 93.9 Å². The molecule has 3 aliphatic rings. The van der Waals surface area contributed by atoms with E-state index in [2.05, 4.69) is 42.5 Å². The van der Waals surface area contributed by atoms with Gasteiger partial charge in [-0.25, -0.2) is 0 Å². The van der Waals surface area contributed by atoms with Gasteiger partial charge < -0.3 is 15.1 Å². The van der Waals surface area contributed by atoms with Gasteiger partial charge in [-0.15, -0.1) is 0 Å². The first kappa shape index (κ1) is 31.1. The van der Waals surface area contributed by atoms with Crippen LogP contribution in [0.2, 0.25) is 0 Å². The zero-order valence-electron chi connectivity index (χ0n) is 24.8. The maximum Gasteiger partial charge on any atom is 0.222 e. The highest BCUT2D eigenvalue weighted by molar-refractivity contribution is 14.1. The van der Waals surface area contributed by atoms with Crippen LogP contribution in [-0.2, 0) is 11.2 Å². The molecule has 5 heteroatoms. The minimum absolute atomic E-state index is 0.0647. The number of nitrogens with zero attached hydrogens (tertiary/aromatic N) is 1. The summed E-state index contributed by atoms with van der Waals surface area (Å²) in [6, 6.07) is 6.13. The standard InChI is InChI=1S/C34H54INO3/c1-4-5-20-36(3)31(38)15-13-11-9-7-6-8-10-12-14-24-21-25-22-26(37)16-17-27(25)28-18-19-34(2)29(32(24)28)23-30(35)33(34)39/h16-17,22,24,28-30,32-33,37,39H,4-15,18-21,23H2,1-3H3/t24-,28-,29+,30-,32-,33+,34+/m1/s1. The first-order valence-electron chi connectivity index (χ1n) is 16.1. The summed E-state index contributed by atoms with van der Waals surface area (Å²) >= 11 is 2.51. The van der Waals surface area contributed by atoms with Crippen LogP contribution in [0.1, 0.15) is 127 Å². The van der Waals surface area contributed by atoms with Crippen molar-refractivity contribution in [2.75, 3.05) is 13.6 Å². The van der Waals surface area contributed by atoms with Gasteiger partial charge in [0.2, 0.25) is 5.91 Å². The van der Waals surface area contributed by atoms with Gasteiger partial charge >= 0.3 is 0 Å². The molecule has 0 bridgehead atoms. The summed E-state index contributed by atoms with van der Waals surface area (Å²) in [7, 11) is 1.94. The molecule has 0 aliphatic heterocycles. The van der Waals surface area contributed by atoms with Crippen LogP contribution in [0.3, 0.4) is 0 Å². The molecular formula is C34H54INO3. The normalized spacial score (nSPS) is 31.4. The van der Waals surface area contributed by atoms with Crippen molar-refractivity contribution in [1.82, 2.24) is 4.90 Å². The molecule has 0 radical (unpaired) electrons. The highest BCUT2D eigenvalue weighted by Gasteiger charge is 2.59. The Morgan fingerprint density at radius 2 is 1.77 bits per heavy atom. The summed E-state index contributed by atoms with van der Waals surface area (Å²) in [5.41, 5.74) is 2.93. The van der Waals surface area contributed by atoms with Gasteiger partial charge in [-0.2, -0.15) is 0 Å². The van der Waals surface area contributed by atoms with E-state index in [4.69, 9.17) is 0 Å². The zero-order chi connectivity index (χ0) is 28.0. The van der Waals surface area contributed by atoms with Crippen molar-refractivity contribution in [3.8, 4) is 5.75 Å². The molecule has 0 spiro atoms. The Balaban J connectivity index is 1.21. The zero-order valence-corrected chi connectivity index (χ0v) is 27.0.